The molecule has 3 N–H and O–H groups in total. The van der Waals surface area contributed by atoms with Gasteiger partial charge in [0.25, 0.3) is 0 Å². The molecule has 0 aliphatic heterocycles. The van der Waals surface area contributed by atoms with Gasteiger partial charge in [-0.05, 0) is 43.7 Å². The molecule has 0 saturated carbocycles. The van der Waals surface area contributed by atoms with Gasteiger partial charge in [-0.2, -0.15) is 0 Å². The standard InChI is InChI=1S/C18H16BrN3OS/c1-10-6-7-11(2)14(8-10)15(23)16-17(20)22-18(24-16)21-13-5-3-4-12(19)9-13/h3-9H,20H2,1-2H3,(H,21,22). The molecule has 2 aromatic carbocycles. The third kappa shape index (κ3) is 3.49. The molecule has 1 heterocycles. The van der Waals surface area contributed by atoms with Gasteiger partial charge in [-0.1, -0.05) is 51.0 Å². The highest BCUT2D eigenvalue weighted by molar-refractivity contribution is 9.10. The summed E-state index contributed by atoms with van der Waals surface area (Å²) in [6.45, 7) is 3.89. The van der Waals surface area contributed by atoms with Gasteiger partial charge in [0.2, 0.25) is 5.78 Å². The number of thiazole rings is 1. The topological polar surface area (TPSA) is 68.0 Å². The van der Waals surface area contributed by atoms with Crippen LogP contribution in [0, 0.1) is 13.8 Å². The molecule has 122 valence electrons. The van der Waals surface area contributed by atoms with E-state index in [4.69, 9.17) is 5.73 Å². The van der Waals surface area contributed by atoms with Crippen LogP contribution in [0.25, 0.3) is 0 Å². The molecule has 0 aliphatic rings. The van der Waals surface area contributed by atoms with Crippen LogP contribution >= 0.6 is 27.3 Å². The number of ketones is 1. The van der Waals surface area contributed by atoms with E-state index in [1.165, 1.54) is 11.3 Å². The molecular weight excluding hydrogens is 386 g/mol. The van der Waals surface area contributed by atoms with E-state index in [9.17, 15) is 4.79 Å². The lowest BCUT2D eigenvalue weighted by Gasteiger charge is -2.05. The van der Waals surface area contributed by atoms with E-state index in [2.05, 4.69) is 26.2 Å². The fourth-order valence-corrected chi connectivity index (χ4v) is 3.60. The molecule has 0 radical (unpaired) electrons. The van der Waals surface area contributed by atoms with Crippen molar-refractivity contribution < 1.29 is 4.79 Å². The third-order valence-corrected chi connectivity index (χ3v) is 5.05. The summed E-state index contributed by atoms with van der Waals surface area (Å²) in [6, 6.07) is 13.5. The summed E-state index contributed by atoms with van der Waals surface area (Å²) < 4.78 is 0.962. The van der Waals surface area contributed by atoms with E-state index in [-0.39, 0.29) is 11.6 Å². The lowest BCUT2D eigenvalue weighted by molar-refractivity contribution is 0.104. The SMILES string of the molecule is Cc1ccc(C)c(C(=O)c2sc(Nc3cccc(Br)c3)nc2N)c1. The van der Waals surface area contributed by atoms with Gasteiger partial charge in [-0.3, -0.25) is 4.79 Å². The molecule has 0 atom stereocenters. The second kappa shape index (κ2) is 6.75. The first kappa shape index (κ1) is 16.7. The fraction of sp³-hybridized carbons (Fsp3) is 0.111. The number of aromatic nitrogens is 1. The Bertz CT molecular complexity index is 920. The first-order valence-corrected chi connectivity index (χ1v) is 8.96. The predicted octanol–water partition coefficient (Wildman–Crippen LogP) is 5.08. The highest BCUT2D eigenvalue weighted by Crippen LogP contribution is 2.31. The number of hydrogen-bond acceptors (Lipinski definition) is 5. The first-order chi connectivity index (χ1) is 11.4. The number of nitrogen functional groups attached to an aromatic ring is 1. The number of nitrogens with one attached hydrogen (secondary N) is 1. The van der Waals surface area contributed by atoms with Crippen LogP contribution in [0.4, 0.5) is 16.6 Å². The van der Waals surface area contributed by atoms with E-state index < -0.39 is 0 Å². The fourth-order valence-electron chi connectivity index (χ4n) is 2.34. The number of halogens is 1. The Morgan fingerprint density at radius 2 is 2.00 bits per heavy atom. The van der Waals surface area contributed by atoms with Crippen molar-refractivity contribution in [3.8, 4) is 0 Å². The van der Waals surface area contributed by atoms with E-state index >= 15 is 0 Å². The largest absolute Gasteiger partial charge is 0.382 e. The lowest BCUT2D eigenvalue weighted by Crippen LogP contribution is -2.05. The Morgan fingerprint density at radius 1 is 1.21 bits per heavy atom. The van der Waals surface area contributed by atoms with Crippen LogP contribution in [0.15, 0.2) is 46.9 Å². The van der Waals surface area contributed by atoms with Gasteiger partial charge in [-0.25, -0.2) is 4.98 Å². The van der Waals surface area contributed by atoms with Gasteiger partial charge < -0.3 is 11.1 Å². The zero-order valence-corrected chi connectivity index (χ0v) is 15.7. The van der Waals surface area contributed by atoms with Crippen LogP contribution < -0.4 is 11.1 Å². The Labute approximate surface area is 152 Å². The van der Waals surface area contributed by atoms with E-state index in [0.29, 0.717) is 15.6 Å². The van der Waals surface area contributed by atoms with Crippen LogP contribution in [0.5, 0.6) is 0 Å². The number of anilines is 3. The molecule has 0 saturated heterocycles. The molecule has 4 nitrogen and oxygen atoms in total. The molecular formula is C18H16BrN3OS. The minimum absolute atomic E-state index is 0.0894. The number of rotatable bonds is 4. The van der Waals surface area contributed by atoms with Gasteiger partial charge in [0.05, 0.1) is 0 Å². The molecule has 0 amide bonds. The summed E-state index contributed by atoms with van der Waals surface area (Å²) in [5.74, 6) is 0.164. The molecule has 3 rings (SSSR count). The van der Waals surface area contributed by atoms with Crippen LogP contribution in [-0.2, 0) is 0 Å². The molecule has 0 unspecified atom stereocenters. The second-order valence-corrected chi connectivity index (χ2v) is 7.43. The van der Waals surface area contributed by atoms with Crippen molar-refractivity contribution in [3.05, 3.63) is 68.5 Å². The summed E-state index contributed by atoms with van der Waals surface area (Å²) in [6.07, 6.45) is 0. The molecule has 24 heavy (non-hydrogen) atoms. The Balaban J connectivity index is 1.91. The molecule has 0 aliphatic carbocycles. The van der Waals surface area contributed by atoms with Gasteiger partial charge in [-0.15, -0.1) is 0 Å². The zero-order valence-electron chi connectivity index (χ0n) is 13.3. The second-order valence-electron chi connectivity index (χ2n) is 5.52. The summed E-state index contributed by atoms with van der Waals surface area (Å²) >= 11 is 4.69. The van der Waals surface area contributed by atoms with Crippen LogP contribution in [-0.4, -0.2) is 10.8 Å². The summed E-state index contributed by atoms with van der Waals surface area (Å²) in [7, 11) is 0. The average molecular weight is 402 g/mol. The summed E-state index contributed by atoms with van der Waals surface area (Å²) in [5.41, 5.74) is 9.50. The van der Waals surface area contributed by atoms with Gasteiger partial charge in [0.1, 0.15) is 10.7 Å². The first-order valence-electron chi connectivity index (χ1n) is 7.35. The number of nitrogens with two attached hydrogens (primary N) is 1. The molecule has 0 fully saturated rings. The van der Waals surface area contributed by atoms with E-state index in [1.807, 2.05) is 56.3 Å². The highest BCUT2D eigenvalue weighted by atomic mass is 79.9. The quantitative estimate of drug-likeness (QED) is 0.598. The number of carbonyl (C=O) groups excluding carboxylic acids is 1. The Morgan fingerprint density at radius 3 is 2.75 bits per heavy atom. The van der Waals surface area contributed by atoms with Crippen molar-refractivity contribution in [2.45, 2.75) is 13.8 Å². The van der Waals surface area contributed by atoms with Crippen molar-refractivity contribution in [2.24, 2.45) is 0 Å². The average Bonchev–Trinajstić information content (AvgIpc) is 2.89. The van der Waals surface area contributed by atoms with E-state index in [0.717, 1.165) is 21.3 Å². The lowest BCUT2D eigenvalue weighted by atomic mass is 10.0. The number of nitrogens with zero attached hydrogens (tertiary/aromatic N) is 1. The third-order valence-electron chi connectivity index (χ3n) is 3.57. The maximum atomic E-state index is 12.8. The minimum Gasteiger partial charge on any atom is -0.382 e. The van der Waals surface area contributed by atoms with Crippen molar-refractivity contribution in [2.75, 3.05) is 11.1 Å². The minimum atomic E-state index is -0.0894. The smallest absolute Gasteiger partial charge is 0.207 e. The van der Waals surface area contributed by atoms with Crippen molar-refractivity contribution in [1.82, 2.24) is 4.98 Å². The molecule has 6 heteroatoms. The predicted molar refractivity (Wildman–Crippen MR) is 103 cm³/mol. The number of carbonyl (C=O) groups is 1. The van der Waals surface area contributed by atoms with Crippen LogP contribution in [0.1, 0.15) is 26.4 Å². The van der Waals surface area contributed by atoms with Crippen molar-refractivity contribution in [1.29, 1.82) is 0 Å². The van der Waals surface area contributed by atoms with Crippen molar-refractivity contribution in [3.63, 3.8) is 0 Å². The normalized spacial score (nSPS) is 10.6. The van der Waals surface area contributed by atoms with Crippen molar-refractivity contribution >= 4 is 49.7 Å². The summed E-state index contributed by atoms with van der Waals surface area (Å²) in [5, 5.41) is 3.78. The Kier molecular flexibility index (Phi) is 4.69. The highest BCUT2D eigenvalue weighted by Gasteiger charge is 2.19. The maximum Gasteiger partial charge on any atom is 0.207 e. The zero-order chi connectivity index (χ0) is 17.3. The molecule has 1 aromatic heterocycles. The maximum absolute atomic E-state index is 12.8. The van der Waals surface area contributed by atoms with Crippen LogP contribution in [0.3, 0.4) is 0 Å². The number of aryl methyl sites for hydroxylation is 2. The van der Waals surface area contributed by atoms with Gasteiger partial charge in [0, 0.05) is 15.7 Å². The van der Waals surface area contributed by atoms with Gasteiger partial charge >= 0.3 is 0 Å². The van der Waals surface area contributed by atoms with Gasteiger partial charge in [0.15, 0.2) is 5.13 Å². The molecule has 0 spiro atoms. The van der Waals surface area contributed by atoms with E-state index in [1.54, 1.807) is 0 Å². The number of benzene rings is 2. The monoisotopic (exact) mass is 401 g/mol. The Hall–Kier alpha value is -2.18. The van der Waals surface area contributed by atoms with Crippen LogP contribution in [0.2, 0.25) is 0 Å². The summed E-state index contributed by atoms with van der Waals surface area (Å²) in [4.78, 5) is 17.6. The molecule has 3 aromatic rings. The number of hydrogen-bond donors (Lipinski definition) is 2. The molecule has 0 bridgehead atoms.